The van der Waals surface area contributed by atoms with E-state index < -0.39 is 20.2 Å². The Hall–Kier alpha value is -0.700. The van der Waals surface area contributed by atoms with E-state index >= 15 is 0 Å². The molecule has 1 aromatic heterocycles. The lowest BCUT2D eigenvalue weighted by molar-refractivity contribution is -0.117. The molecule has 1 unspecified atom stereocenters. The molecule has 10 heteroatoms. The van der Waals surface area contributed by atoms with E-state index in [-0.39, 0.29) is 28.1 Å². The number of anilines is 1. The van der Waals surface area contributed by atoms with Crippen LogP contribution in [-0.4, -0.2) is 37.4 Å². The predicted octanol–water partition coefficient (Wildman–Crippen LogP) is 1.28. The van der Waals surface area contributed by atoms with Crippen LogP contribution in [0.2, 0.25) is 5.15 Å². The summed E-state index contributed by atoms with van der Waals surface area (Å²) in [7, 11) is 1.41. The van der Waals surface area contributed by atoms with E-state index in [0.717, 1.165) is 11.3 Å². The Bertz CT molecular complexity index is 613. The van der Waals surface area contributed by atoms with Crippen molar-refractivity contribution in [3.63, 3.8) is 0 Å². The summed E-state index contributed by atoms with van der Waals surface area (Å²) in [6, 6.07) is 0. The number of carbonyl (C=O) groups is 2. The summed E-state index contributed by atoms with van der Waals surface area (Å²) in [5.74, 6) is -0.410. The van der Waals surface area contributed by atoms with Crippen LogP contribution in [0.15, 0.2) is 0 Å². The number of nitrogens with zero attached hydrogens (tertiary/aromatic N) is 2. The molecule has 6 nitrogen and oxygen atoms in total. The van der Waals surface area contributed by atoms with Crippen molar-refractivity contribution in [1.29, 1.82) is 0 Å². The van der Waals surface area contributed by atoms with Crippen LogP contribution in [0.1, 0.15) is 16.1 Å². The van der Waals surface area contributed by atoms with E-state index in [1.807, 2.05) is 0 Å². The molecule has 0 aliphatic carbocycles. The van der Waals surface area contributed by atoms with Gasteiger partial charge in [0.2, 0.25) is 15.0 Å². The number of rotatable bonds is 3. The first-order chi connectivity index (χ1) is 8.32. The van der Waals surface area contributed by atoms with Crippen LogP contribution in [0.3, 0.4) is 0 Å². The minimum Gasteiger partial charge on any atom is -0.297 e. The highest BCUT2D eigenvalue weighted by atomic mass is 35.7. The minimum atomic E-state index is -3.80. The molecule has 0 spiro atoms. The number of carbonyl (C=O) groups excluding carboxylic acids is 2. The first-order valence-corrected chi connectivity index (χ1v) is 8.25. The summed E-state index contributed by atoms with van der Waals surface area (Å²) in [6.45, 7) is -0.0766. The van der Waals surface area contributed by atoms with Crippen molar-refractivity contribution in [1.82, 2.24) is 4.98 Å². The molecule has 0 bridgehead atoms. The molecule has 18 heavy (non-hydrogen) atoms. The molecule has 1 atom stereocenters. The second-order valence-electron chi connectivity index (χ2n) is 3.58. The highest BCUT2D eigenvalue weighted by molar-refractivity contribution is 8.14. The Morgan fingerprint density at radius 1 is 1.50 bits per heavy atom. The fourth-order valence-corrected chi connectivity index (χ4v) is 3.65. The van der Waals surface area contributed by atoms with Crippen LogP contribution >= 0.6 is 33.6 Å². The predicted molar refractivity (Wildman–Crippen MR) is 68.0 cm³/mol. The standard InChI is InChI=1S/C8H6Cl2N2O4S2/c9-7-5(3-13)17-8(11-7)12-2-4(1-6(12)14)18(10,15)16/h3-4H,1-2H2. The fourth-order valence-electron chi connectivity index (χ4n) is 1.54. The van der Waals surface area contributed by atoms with Crippen LogP contribution in [0.5, 0.6) is 0 Å². The van der Waals surface area contributed by atoms with Gasteiger partial charge >= 0.3 is 0 Å². The molecule has 2 heterocycles. The Kier molecular flexibility index (Phi) is 3.63. The molecule has 1 amide bonds. The second kappa shape index (κ2) is 4.76. The van der Waals surface area contributed by atoms with Gasteiger partial charge in [-0.25, -0.2) is 13.4 Å². The van der Waals surface area contributed by atoms with E-state index in [0.29, 0.717) is 6.29 Å². The van der Waals surface area contributed by atoms with Crippen LogP contribution in [-0.2, 0) is 13.8 Å². The summed E-state index contributed by atoms with van der Waals surface area (Å²) in [4.78, 5) is 27.5. The first-order valence-electron chi connectivity index (χ1n) is 4.68. The molecular formula is C8H6Cl2N2O4S2. The fraction of sp³-hybridized carbons (Fsp3) is 0.375. The average molecular weight is 329 g/mol. The third-order valence-electron chi connectivity index (χ3n) is 2.42. The van der Waals surface area contributed by atoms with E-state index in [1.54, 1.807) is 0 Å². The molecule has 2 rings (SSSR count). The molecule has 0 radical (unpaired) electrons. The number of thiazole rings is 1. The molecule has 0 N–H and O–H groups in total. The van der Waals surface area contributed by atoms with E-state index in [1.165, 1.54) is 4.90 Å². The minimum absolute atomic E-state index is 0.00465. The summed E-state index contributed by atoms with van der Waals surface area (Å²) < 4.78 is 22.3. The maximum absolute atomic E-state index is 11.7. The van der Waals surface area contributed by atoms with Crippen molar-refractivity contribution in [3.8, 4) is 0 Å². The Morgan fingerprint density at radius 3 is 2.61 bits per heavy atom. The van der Waals surface area contributed by atoms with Gasteiger partial charge in [-0.15, -0.1) is 0 Å². The van der Waals surface area contributed by atoms with Crippen LogP contribution in [0.4, 0.5) is 5.13 Å². The Balaban J connectivity index is 2.29. The molecule has 0 aromatic carbocycles. The number of hydrogen-bond donors (Lipinski definition) is 0. The van der Waals surface area contributed by atoms with Gasteiger partial charge in [0.25, 0.3) is 0 Å². The van der Waals surface area contributed by atoms with Gasteiger partial charge in [0, 0.05) is 23.6 Å². The molecule has 0 saturated carbocycles. The normalized spacial score (nSPS) is 20.4. The molecule has 1 saturated heterocycles. The monoisotopic (exact) mass is 328 g/mol. The van der Waals surface area contributed by atoms with Crippen molar-refractivity contribution in [2.24, 2.45) is 0 Å². The molecule has 98 valence electrons. The summed E-state index contributed by atoms with van der Waals surface area (Å²) in [5.41, 5.74) is 0. The molecule has 1 aliphatic rings. The lowest BCUT2D eigenvalue weighted by atomic mass is 10.4. The summed E-state index contributed by atoms with van der Waals surface area (Å²) in [6.07, 6.45) is 0.333. The van der Waals surface area contributed by atoms with Crippen LogP contribution in [0, 0.1) is 0 Å². The zero-order valence-electron chi connectivity index (χ0n) is 8.67. The van der Waals surface area contributed by atoms with Crippen molar-refractivity contribution < 1.29 is 18.0 Å². The smallest absolute Gasteiger partial charge is 0.237 e. The Labute approximate surface area is 116 Å². The van der Waals surface area contributed by atoms with Crippen molar-refractivity contribution in [2.75, 3.05) is 11.4 Å². The van der Waals surface area contributed by atoms with Gasteiger partial charge in [-0.1, -0.05) is 22.9 Å². The van der Waals surface area contributed by atoms with Gasteiger partial charge in [-0.05, 0) is 0 Å². The van der Waals surface area contributed by atoms with Gasteiger partial charge < -0.3 is 0 Å². The topological polar surface area (TPSA) is 84.4 Å². The SMILES string of the molecule is O=Cc1sc(N2CC(S(=O)(=O)Cl)CC2=O)nc1Cl. The number of aldehydes is 1. The highest BCUT2D eigenvalue weighted by Gasteiger charge is 2.39. The van der Waals surface area contributed by atoms with Crippen LogP contribution < -0.4 is 4.90 Å². The molecular weight excluding hydrogens is 323 g/mol. The quantitative estimate of drug-likeness (QED) is 0.616. The largest absolute Gasteiger partial charge is 0.297 e. The first kappa shape index (κ1) is 13.7. The second-order valence-corrected chi connectivity index (χ2v) is 7.85. The van der Waals surface area contributed by atoms with Gasteiger partial charge in [-0.3, -0.25) is 14.5 Å². The number of hydrogen-bond acceptors (Lipinski definition) is 6. The van der Waals surface area contributed by atoms with E-state index in [4.69, 9.17) is 22.3 Å². The zero-order valence-corrected chi connectivity index (χ0v) is 11.8. The van der Waals surface area contributed by atoms with E-state index in [9.17, 15) is 18.0 Å². The highest BCUT2D eigenvalue weighted by Crippen LogP contribution is 2.32. The van der Waals surface area contributed by atoms with Gasteiger partial charge in [0.1, 0.15) is 10.1 Å². The number of halogens is 2. The van der Waals surface area contributed by atoms with E-state index in [2.05, 4.69) is 4.98 Å². The summed E-state index contributed by atoms with van der Waals surface area (Å²) >= 11 is 6.61. The molecule has 1 aromatic rings. The lowest BCUT2D eigenvalue weighted by Gasteiger charge is -2.11. The maximum Gasteiger partial charge on any atom is 0.237 e. The van der Waals surface area contributed by atoms with Gasteiger partial charge in [0.15, 0.2) is 16.6 Å². The summed E-state index contributed by atoms with van der Waals surface area (Å²) in [5, 5.41) is -0.765. The average Bonchev–Trinajstić information content (AvgIpc) is 2.80. The van der Waals surface area contributed by atoms with Crippen LogP contribution in [0.25, 0.3) is 0 Å². The van der Waals surface area contributed by atoms with Gasteiger partial charge in [0.05, 0.1) is 0 Å². The van der Waals surface area contributed by atoms with Crippen molar-refractivity contribution in [2.45, 2.75) is 11.7 Å². The van der Waals surface area contributed by atoms with Gasteiger partial charge in [-0.2, -0.15) is 0 Å². The number of amides is 1. The Morgan fingerprint density at radius 2 is 2.17 bits per heavy atom. The molecule has 1 aliphatic heterocycles. The van der Waals surface area contributed by atoms with Crippen molar-refractivity contribution in [3.05, 3.63) is 10.0 Å². The zero-order chi connectivity index (χ0) is 13.5. The maximum atomic E-state index is 11.7. The third-order valence-corrected chi connectivity index (χ3v) is 5.70. The molecule has 1 fully saturated rings. The van der Waals surface area contributed by atoms with Crippen molar-refractivity contribution >= 4 is 60.0 Å². The number of aromatic nitrogens is 1. The lowest BCUT2D eigenvalue weighted by Crippen LogP contribution is -2.26. The third kappa shape index (κ3) is 2.51.